The number of rotatable bonds is 6. The quantitative estimate of drug-likeness (QED) is 0.752. The molecule has 0 heterocycles. The standard InChI is InChI=1S/C15H23N3O3/c1-11(15(20)17(2)3)18(4)10-14(19)16-12-6-8-13(21-5)9-7-12/h6-9,11H,10H2,1-5H3,(H,16,19)/p+1/t11-/m1/s1. The number of carbonyl (C=O) groups is 2. The Bertz CT molecular complexity index is 485. The summed E-state index contributed by atoms with van der Waals surface area (Å²) >= 11 is 0. The van der Waals surface area contributed by atoms with Gasteiger partial charge >= 0.3 is 0 Å². The molecular formula is C15H24N3O3+. The van der Waals surface area contributed by atoms with Gasteiger partial charge in [-0.25, -0.2) is 0 Å². The third-order valence-electron chi connectivity index (χ3n) is 3.36. The molecule has 1 aromatic rings. The summed E-state index contributed by atoms with van der Waals surface area (Å²) in [4.78, 5) is 26.2. The van der Waals surface area contributed by atoms with Gasteiger partial charge in [0.1, 0.15) is 5.75 Å². The van der Waals surface area contributed by atoms with E-state index in [1.165, 1.54) is 4.90 Å². The number of hydrogen-bond donors (Lipinski definition) is 2. The van der Waals surface area contributed by atoms with E-state index in [-0.39, 0.29) is 24.4 Å². The SMILES string of the molecule is COc1ccc(NC(=O)C[NH+](C)[C@H](C)C(=O)N(C)C)cc1. The van der Waals surface area contributed by atoms with Crippen molar-refractivity contribution in [1.82, 2.24) is 4.90 Å². The summed E-state index contributed by atoms with van der Waals surface area (Å²) in [6.07, 6.45) is 0. The Morgan fingerprint density at radius 1 is 1.29 bits per heavy atom. The van der Waals surface area contributed by atoms with Crippen LogP contribution in [0.5, 0.6) is 5.75 Å². The molecule has 0 aliphatic carbocycles. The van der Waals surface area contributed by atoms with Gasteiger partial charge in [-0.15, -0.1) is 0 Å². The van der Waals surface area contributed by atoms with Gasteiger partial charge in [-0.05, 0) is 31.2 Å². The Kier molecular flexibility index (Phi) is 6.17. The maximum absolute atomic E-state index is 12.0. The fraction of sp³-hybridized carbons (Fsp3) is 0.467. The van der Waals surface area contributed by atoms with Crippen LogP contribution in [-0.4, -0.2) is 57.6 Å². The fourth-order valence-corrected chi connectivity index (χ4v) is 1.88. The number of nitrogens with one attached hydrogen (secondary N) is 2. The largest absolute Gasteiger partial charge is 0.497 e. The molecule has 0 aliphatic rings. The van der Waals surface area contributed by atoms with E-state index in [0.717, 1.165) is 10.6 Å². The molecule has 6 nitrogen and oxygen atoms in total. The first kappa shape index (κ1) is 17.0. The number of hydrogen-bond acceptors (Lipinski definition) is 3. The molecule has 116 valence electrons. The van der Waals surface area contributed by atoms with Crippen LogP contribution in [0.3, 0.4) is 0 Å². The van der Waals surface area contributed by atoms with Gasteiger partial charge in [-0.2, -0.15) is 0 Å². The van der Waals surface area contributed by atoms with Gasteiger partial charge in [-0.1, -0.05) is 0 Å². The van der Waals surface area contributed by atoms with Gasteiger partial charge in [0.05, 0.1) is 14.2 Å². The van der Waals surface area contributed by atoms with Gasteiger partial charge in [0.25, 0.3) is 11.8 Å². The lowest BCUT2D eigenvalue weighted by atomic mass is 10.2. The molecule has 0 aromatic heterocycles. The molecule has 0 spiro atoms. The highest BCUT2D eigenvalue weighted by Gasteiger charge is 2.25. The van der Waals surface area contributed by atoms with E-state index >= 15 is 0 Å². The summed E-state index contributed by atoms with van der Waals surface area (Å²) in [6.45, 7) is 2.05. The van der Waals surface area contributed by atoms with E-state index in [4.69, 9.17) is 4.74 Å². The predicted octanol–water partition coefficient (Wildman–Crippen LogP) is -0.375. The summed E-state index contributed by atoms with van der Waals surface area (Å²) in [6, 6.07) is 6.86. The Morgan fingerprint density at radius 3 is 2.33 bits per heavy atom. The smallest absolute Gasteiger partial charge is 0.280 e. The molecule has 1 rings (SSSR count). The number of methoxy groups -OCH3 is 1. The van der Waals surface area contributed by atoms with Crippen LogP contribution in [0.25, 0.3) is 0 Å². The molecule has 1 aromatic carbocycles. The number of ether oxygens (including phenoxy) is 1. The number of anilines is 1. The summed E-state index contributed by atoms with van der Waals surface area (Å²) in [5.41, 5.74) is 0.709. The van der Waals surface area contributed by atoms with Crippen molar-refractivity contribution in [3.63, 3.8) is 0 Å². The maximum Gasteiger partial charge on any atom is 0.280 e. The molecule has 0 saturated carbocycles. The van der Waals surface area contributed by atoms with Crippen molar-refractivity contribution in [1.29, 1.82) is 0 Å². The summed E-state index contributed by atoms with van der Waals surface area (Å²) in [7, 11) is 6.85. The average Bonchev–Trinajstić information content (AvgIpc) is 2.46. The topological polar surface area (TPSA) is 63.1 Å². The molecule has 0 bridgehead atoms. The normalized spacial score (nSPS) is 13.2. The number of amides is 2. The maximum atomic E-state index is 12.0. The van der Waals surface area contributed by atoms with E-state index in [2.05, 4.69) is 5.32 Å². The molecule has 2 atom stereocenters. The zero-order valence-corrected chi connectivity index (χ0v) is 13.3. The van der Waals surface area contributed by atoms with Crippen molar-refractivity contribution in [3.8, 4) is 5.75 Å². The molecule has 2 N–H and O–H groups in total. The molecule has 0 fully saturated rings. The summed E-state index contributed by atoms with van der Waals surface area (Å²) in [5.74, 6) is 0.613. The molecule has 0 aliphatic heterocycles. The van der Waals surface area contributed by atoms with Crippen molar-refractivity contribution in [2.75, 3.05) is 40.1 Å². The van der Waals surface area contributed by atoms with Crippen molar-refractivity contribution >= 4 is 17.5 Å². The first-order valence-electron chi connectivity index (χ1n) is 6.82. The molecule has 21 heavy (non-hydrogen) atoms. The van der Waals surface area contributed by atoms with Crippen molar-refractivity contribution < 1.29 is 19.2 Å². The third-order valence-corrected chi connectivity index (χ3v) is 3.36. The van der Waals surface area contributed by atoms with Gasteiger partial charge in [-0.3, -0.25) is 9.59 Å². The minimum atomic E-state index is -0.262. The minimum Gasteiger partial charge on any atom is -0.497 e. The average molecular weight is 294 g/mol. The highest BCUT2D eigenvalue weighted by Crippen LogP contribution is 2.14. The summed E-state index contributed by atoms with van der Waals surface area (Å²) in [5, 5.41) is 2.81. The zero-order chi connectivity index (χ0) is 16.0. The number of likely N-dealkylation sites (N-methyl/N-ethyl adjacent to an activating group) is 2. The highest BCUT2D eigenvalue weighted by atomic mass is 16.5. The Balaban J connectivity index is 2.54. The van der Waals surface area contributed by atoms with E-state index in [1.54, 1.807) is 45.5 Å². The summed E-state index contributed by atoms with van der Waals surface area (Å²) < 4.78 is 5.06. The monoisotopic (exact) mass is 294 g/mol. The van der Waals surface area contributed by atoms with Gasteiger partial charge in [0.2, 0.25) is 0 Å². The lowest BCUT2D eigenvalue weighted by molar-refractivity contribution is -0.886. The van der Waals surface area contributed by atoms with Gasteiger partial charge in [0, 0.05) is 19.8 Å². The van der Waals surface area contributed by atoms with Crippen LogP contribution in [0.15, 0.2) is 24.3 Å². The molecule has 2 amide bonds. The van der Waals surface area contributed by atoms with Crippen LogP contribution in [0, 0.1) is 0 Å². The minimum absolute atomic E-state index is 0.00440. The van der Waals surface area contributed by atoms with E-state index in [9.17, 15) is 9.59 Å². The van der Waals surface area contributed by atoms with Crippen LogP contribution in [0.2, 0.25) is 0 Å². The van der Waals surface area contributed by atoms with Crippen LogP contribution in [0.1, 0.15) is 6.92 Å². The van der Waals surface area contributed by atoms with E-state index < -0.39 is 0 Å². The highest BCUT2D eigenvalue weighted by molar-refractivity contribution is 5.91. The predicted molar refractivity (Wildman–Crippen MR) is 81.5 cm³/mol. The van der Waals surface area contributed by atoms with Crippen LogP contribution < -0.4 is 15.0 Å². The Morgan fingerprint density at radius 2 is 1.86 bits per heavy atom. The Labute approximate surface area is 125 Å². The number of quaternary nitrogens is 1. The number of benzene rings is 1. The van der Waals surface area contributed by atoms with Crippen LogP contribution in [0.4, 0.5) is 5.69 Å². The van der Waals surface area contributed by atoms with Crippen LogP contribution >= 0.6 is 0 Å². The van der Waals surface area contributed by atoms with Crippen LogP contribution in [-0.2, 0) is 9.59 Å². The molecule has 0 saturated heterocycles. The number of carbonyl (C=O) groups excluding carboxylic acids is 2. The first-order chi connectivity index (χ1) is 9.85. The second-order valence-electron chi connectivity index (χ2n) is 5.25. The zero-order valence-electron chi connectivity index (χ0n) is 13.3. The lowest BCUT2D eigenvalue weighted by Crippen LogP contribution is -3.15. The van der Waals surface area contributed by atoms with Crippen molar-refractivity contribution in [2.45, 2.75) is 13.0 Å². The first-order valence-corrected chi connectivity index (χ1v) is 6.82. The Hall–Kier alpha value is -2.08. The van der Waals surface area contributed by atoms with E-state index in [0.29, 0.717) is 5.69 Å². The fourth-order valence-electron chi connectivity index (χ4n) is 1.88. The van der Waals surface area contributed by atoms with E-state index in [1.807, 2.05) is 14.0 Å². The van der Waals surface area contributed by atoms with Crippen molar-refractivity contribution in [2.24, 2.45) is 0 Å². The molecule has 0 radical (unpaired) electrons. The molecular weight excluding hydrogens is 270 g/mol. The van der Waals surface area contributed by atoms with Crippen molar-refractivity contribution in [3.05, 3.63) is 24.3 Å². The number of nitrogens with zero attached hydrogens (tertiary/aromatic N) is 1. The second kappa shape index (κ2) is 7.64. The second-order valence-corrected chi connectivity index (χ2v) is 5.25. The molecule has 1 unspecified atom stereocenters. The third kappa shape index (κ3) is 5.07. The molecule has 6 heteroatoms. The lowest BCUT2D eigenvalue weighted by Gasteiger charge is -2.23. The van der Waals surface area contributed by atoms with Gasteiger partial charge < -0.3 is 19.9 Å². The van der Waals surface area contributed by atoms with Gasteiger partial charge in [0.15, 0.2) is 12.6 Å².